The van der Waals surface area contributed by atoms with Crippen LogP contribution in [0.3, 0.4) is 0 Å². The van der Waals surface area contributed by atoms with E-state index in [1.165, 1.54) is 32.1 Å². The summed E-state index contributed by atoms with van der Waals surface area (Å²) in [6, 6.07) is 0. The molecule has 0 aromatic carbocycles. The zero-order valence-corrected chi connectivity index (χ0v) is 10.8. The molecule has 1 aliphatic heterocycles. The van der Waals surface area contributed by atoms with Gasteiger partial charge in [0.15, 0.2) is 0 Å². The van der Waals surface area contributed by atoms with Gasteiger partial charge in [0, 0.05) is 19.5 Å². The Morgan fingerprint density at radius 2 is 2.00 bits per heavy atom. The van der Waals surface area contributed by atoms with Crippen molar-refractivity contribution >= 4 is 11.8 Å². The summed E-state index contributed by atoms with van der Waals surface area (Å²) in [4.78, 5) is 22.6. The van der Waals surface area contributed by atoms with Gasteiger partial charge in [0.05, 0.1) is 5.92 Å². The molecule has 1 aliphatic rings. The van der Waals surface area contributed by atoms with E-state index >= 15 is 0 Å². The third-order valence-electron chi connectivity index (χ3n) is 3.18. The molecule has 2 N–H and O–H groups in total. The molecular formula is C13H24N2O2. The topological polar surface area (TPSA) is 58.2 Å². The first-order valence-electron chi connectivity index (χ1n) is 6.78. The summed E-state index contributed by atoms with van der Waals surface area (Å²) in [5.74, 6) is -0.135. The van der Waals surface area contributed by atoms with Crippen molar-refractivity contribution in [1.29, 1.82) is 0 Å². The molecule has 0 aromatic rings. The zero-order chi connectivity index (χ0) is 12.5. The minimum Gasteiger partial charge on any atom is -0.356 e. The third-order valence-corrected chi connectivity index (χ3v) is 3.18. The lowest BCUT2D eigenvalue weighted by Crippen LogP contribution is -2.32. The number of carbonyl (C=O) groups excluding carboxylic acids is 2. The van der Waals surface area contributed by atoms with Gasteiger partial charge in [-0.3, -0.25) is 9.59 Å². The quantitative estimate of drug-likeness (QED) is 0.633. The summed E-state index contributed by atoms with van der Waals surface area (Å²) in [7, 11) is 0. The Labute approximate surface area is 104 Å². The predicted octanol–water partition coefficient (Wildman–Crippen LogP) is 1.60. The van der Waals surface area contributed by atoms with Gasteiger partial charge in [-0.2, -0.15) is 0 Å². The average Bonchev–Trinajstić information content (AvgIpc) is 2.74. The molecule has 98 valence electrons. The molecule has 0 saturated carbocycles. The lowest BCUT2D eigenvalue weighted by Gasteiger charge is -2.08. The number of unbranched alkanes of at least 4 members (excludes halogenated alkanes) is 5. The normalized spacial score (nSPS) is 19.1. The molecule has 1 saturated heterocycles. The second-order valence-electron chi connectivity index (χ2n) is 4.76. The van der Waals surface area contributed by atoms with E-state index in [2.05, 4.69) is 17.6 Å². The van der Waals surface area contributed by atoms with Crippen LogP contribution in [-0.2, 0) is 9.59 Å². The first-order valence-corrected chi connectivity index (χ1v) is 6.78. The fraction of sp³-hybridized carbons (Fsp3) is 0.846. The maximum absolute atomic E-state index is 11.6. The monoisotopic (exact) mass is 240 g/mol. The van der Waals surface area contributed by atoms with Gasteiger partial charge in [-0.05, 0) is 6.42 Å². The largest absolute Gasteiger partial charge is 0.356 e. The molecule has 4 heteroatoms. The maximum atomic E-state index is 11.6. The van der Waals surface area contributed by atoms with E-state index in [1.807, 2.05) is 0 Å². The van der Waals surface area contributed by atoms with Gasteiger partial charge in [0.25, 0.3) is 0 Å². The van der Waals surface area contributed by atoms with E-state index in [0.29, 0.717) is 13.0 Å². The van der Waals surface area contributed by atoms with Crippen LogP contribution in [0.15, 0.2) is 0 Å². The number of amides is 2. The molecule has 0 radical (unpaired) electrons. The molecule has 0 aliphatic carbocycles. The van der Waals surface area contributed by atoms with Gasteiger partial charge in [-0.1, -0.05) is 39.0 Å². The molecule has 0 bridgehead atoms. The van der Waals surface area contributed by atoms with Crippen LogP contribution in [0.1, 0.15) is 51.9 Å². The molecule has 1 rings (SSSR count). The maximum Gasteiger partial charge on any atom is 0.225 e. The molecule has 17 heavy (non-hydrogen) atoms. The average molecular weight is 240 g/mol. The van der Waals surface area contributed by atoms with Crippen molar-refractivity contribution in [1.82, 2.24) is 10.6 Å². The predicted molar refractivity (Wildman–Crippen MR) is 67.5 cm³/mol. The fourth-order valence-corrected chi connectivity index (χ4v) is 2.05. The Kier molecular flexibility index (Phi) is 6.67. The minimum atomic E-state index is -0.150. The van der Waals surface area contributed by atoms with Crippen LogP contribution in [0.25, 0.3) is 0 Å². The number of nitrogens with one attached hydrogen (secondary N) is 2. The Hall–Kier alpha value is -1.06. The second kappa shape index (κ2) is 8.09. The van der Waals surface area contributed by atoms with Crippen LogP contribution in [0.5, 0.6) is 0 Å². The molecule has 2 amide bonds. The molecule has 1 unspecified atom stereocenters. The Balaban J connectivity index is 1.95. The standard InChI is InChI=1S/C13H24N2O2/c1-2-3-4-5-6-7-8-14-13(17)11-9-12(16)15-10-11/h11H,2-10H2,1H3,(H,14,17)(H,15,16). The highest BCUT2D eigenvalue weighted by molar-refractivity contribution is 5.89. The van der Waals surface area contributed by atoms with Crippen LogP contribution in [0.2, 0.25) is 0 Å². The lowest BCUT2D eigenvalue weighted by molar-refractivity contribution is -0.126. The van der Waals surface area contributed by atoms with Crippen molar-refractivity contribution in [3.8, 4) is 0 Å². The molecular weight excluding hydrogens is 216 g/mol. The number of carbonyl (C=O) groups is 2. The van der Waals surface area contributed by atoms with E-state index in [0.717, 1.165) is 13.0 Å². The highest BCUT2D eigenvalue weighted by Crippen LogP contribution is 2.09. The SMILES string of the molecule is CCCCCCCCNC(=O)C1CNC(=O)C1. The Morgan fingerprint density at radius 3 is 2.65 bits per heavy atom. The first kappa shape index (κ1) is 14.0. The second-order valence-corrected chi connectivity index (χ2v) is 4.76. The van der Waals surface area contributed by atoms with Gasteiger partial charge in [0.1, 0.15) is 0 Å². The van der Waals surface area contributed by atoms with Crippen molar-refractivity contribution in [3.05, 3.63) is 0 Å². The molecule has 4 nitrogen and oxygen atoms in total. The van der Waals surface area contributed by atoms with Crippen molar-refractivity contribution in [2.45, 2.75) is 51.9 Å². The van der Waals surface area contributed by atoms with E-state index in [4.69, 9.17) is 0 Å². The van der Waals surface area contributed by atoms with E-state index in [9.17, 15) is 9.59 Å². The highest BCUT2D eigenvalue weighted by atomic mass is 16.2. The van der Waals surface area contributed by atoms with Crippen LogP contribution < -0.4 is 10.6 Å². The molecule has 1 atom stereocenters. The first-order chi connectivity index (χ1) is 8.24. The van der Waals surface area contributed by atoms with Gasteiger partial charge in [-0.15, -0.1) is 0 Å². The van der Waals surface area contributed by atoms with Gasteiger partial charge >= 0.3 is 0 Å². The summed E-state index contributed by atoms with van der Waals surface area (Å²) in [6.07, 6.45) is 7.70. The van der Waals surface area contributed by atoms with Crippen molar-refractivity contribution in [3.63, 3.8) is 0 Å². The van der Waals surface area contributed by atoms with Crippen LogP contribution >= 0.6 is 0 Å². The lowest BCUT2D eigenvalue weighted by atomic mass is 10.1. The zero-order valence-electron chi connectivity index (χ0n) is 10.8. The smallest absolute Gasteiger partial charge is 0.225 e. The number of hydrogen-bond acceptors (Lipinski definition) is 2. The summed E-state index contributed by atoms with van der Waals surface area (Å²) >= 11 is 0. The molecule has 0 aromatic heterocycles. The Bertz CT molecular complexity index is 254. The van der Waals surface area contributed by atoms with Gasteiger partial charge in [0.2, 0.25) is 11.8 Å². The Morgan fingerprint density at radius 1 is 1.29 bits per heavy atom. The van der Waals surface area contributed by atoms with Crippen molar-refractivity contribution in [2.24, 2.45) is 5.92 Å². The van der Waals surface area contributed by atoms with Crippen LogP contribution in [0, 0.1) is 5.92 Å². The summed E-state index contributed by atoms with van der Waals surface area (Å²) < 4.78 is 0. The van der Waals surface area contributed by atoms with Crippen LogP contribution in [0.4, 0.5) is 0 Å². The summed E-state index contributed by atoms with van der Waals surface area (Å²) in [6.45, 7) is 3.45. The molecule has 1 fully saturated rings. The van der Waals surface area contributed by atoms with Crippen molar-refractivity contribution < 1.29 is 9.59 Å². The highest BCUT2D eigenvalue weighted by Gasteiger charge is 2.27. The number of hydrogen-bond donors (Lipinski definition) is 2. The number of rotatable bonds is 8. The summed E-state index contributed by atoms with van der Waals surface area (Å²) in [5.41, 5.74) is 0. The summed E-state index contributed by atoms with van der Waals surface area (Å²) in [5, 5.41) is 5.58. The van der Waals surface area contributed by atoms with Crippen molar-refractivity contribution in [2.75, 3.05) is 13.1 Å². The van der Waals surface area contributed by atoms with Gasteiger partial charge < -0.3 is 10.6 Å². The molecule has 1 heterocycles. The van der Waals surface area contributed by atoms with E-state index in [-0.39, 0.29) is 17.7 Å². The third kappa shape index (κ3) is 5.71. The van der Waals surface area contributed by atoms with Gasteiger partial charge in [-0.25, -0.2) is 0 Å². The van der Waals surface area contributed by atoms with E-state index < -0.39 is 0 Å². The minimum absolute atomic E-state index is 0.00952. The molecule has 0 spiro atoms. The van der Waals surface area contributed by atoms with Crippen LogP contribution in [-0.4, -0.2) is 24.9 Å². The fourth-order valence-electron chi connectivity index (χ4n) is 2.05. The van der Waals surface area contributed by atoms with E-state index in [1.54, 1.807) is 0 Å².